The first kappa shape index (κ1) is 24.4. The molecule has 2 aromatic heterocycles. The molecule has 0 spiro atoms. The number of fused-ring (bicyclic) bond motifs is 1. The van der Waals surface area contributed by atoms with Crippen LogP contribution in [0.25, 0.3) is 5.65 Å². The molecule has 1 aliphatic heterocycles. The smallest absolute Gasteiger partial charge is 0.407 e. The summed E-state index contributed by atoms with van der Waals surface area (Å²) in [5.74, 6) is 1.00. The van der Waals surface area contributed by atoms with Gasteiger partial charge in [0.1, 0.15) is 17.7 Å². The van der Waals surface area contributed by atoms with Crippen molar-refractivity contribution < 1.29 is 14.3 Å². The number of aryl methyl sites for hydroxylation is 1. The van der Waals surface area contributed by atoms with Crippen LogP contribution in [-0.2, 0) is 22.4 Å². The largest absolute Gasteiger partial charge is 0.444 e. The zero-order valence-electron chi connectivity index (χ0n) is 20.6. The molecule has 0 bridgehead atoms. The summed E-state index contributed by atoms with van der Waals surface area (Å²) in [5, 5.41) is 15.2. The lowest BCUT2D eigenvalue weighted by Crippen LogP contribution is -2.49. The summed E-state index contributed by atoms with van der Waals surface area (Å²) in [6, 6.07) is 12.0. The molecule has 1 fully saturated rings. The lowest BCUT2D eigenvalue weighted by Gasteiger charge is -2.35. The molecule has 0 saturated carbocycles. The number of nitrogens with zero attached hydrogens (tertiary/aromatic N) is 6. The minimum absolute atomic E-state index is 0.140. The Bertz CT molecular complexity index is 1150. The number of carbonyl (C=O) groups is 2. The van der Waals surface area contributed by atoms with Gasteiger partial charge in [0, 0.05) is 32.7 Å². The fourth-order valence-corrected chi connectivity index (χ4v) is 3.98. The summed E-state index contributed by atoms with van der Waals surface area (Å²) < 4.78 is 6.90. The van der Waals surface area contributed by atoms with Gasteiger partial charge in [-0.3, -0.25) is 4.79 Å². The molecule has 1 saturated heterocycles. The molecule has 3 aromatic rings. The number of nitrogens with one attached hydrogen (secondary N) is 1. The minimum Gasteiger partial charge on any atom is -0.444 e. The molecule has 35 heavy (non-hydrogen) atoms. The zero-order valence-corrected chi connectivity index (χ0v) is 20.6. The van der Waals surface area contributed by atoms with Crippen molar-refractivity contribution in [1.29, 1.82) is 0 Å². The first-order chi connectivity index (χ1) is 16.8. The van der Waals surface area contributed by atoms with Gasteiger partial charge in [-0.05, 0) is 56.9 Å². The quantitative estimate of drug-likeness (QED) is 0.519. The molecule has 1 aliphatic rings. The minimum atomic E-state index is -0.490. The molecule has 1 aromatic carbocycles. The average Bonchev–Trinajstić information content (AvgIpc) is 3.30. The standard InChI is InChI=1S/C25H33N7O3/c1-25(2,3)35-24(34)26-12-4-5-19-6-8-20(9-7-19)17-23(33)31-15-13-30(14-16-31)22-11-10-21-28-27-18-32(21)29-22/h6-11,18H,4-5,12-17H2,1-3H3,(H,26,34). The maximum absolute atomic E-state index is 12.8. The zero-order chi connectivity index (χ0) is 24.8. The maximum atomic E-state index is 12.8. The van der Waals surface area contributed by atoms with E-state index in [4.69, 9.17) is 4.74 Å². The second-order valence-corrected chi connectivity index (χ2v) is 9.72. The van der Waals surface area contributed by atoms with Gasteiger partial charge < -0.3 is 19.9 Å². The molecule has 1 N–H and O–H groups in total. The van der Waals surface area contributed by atoms with Gasteiger partial charge in [-0.1, -0.05) is 24.3 Å². The van der Waals surface area contributed by atoms with Gasteiger partial charge in [0.2, 0.25) is 5.91 Å². The number of piperazine rings is 1. The SMILES string of the molecule is CC(C)(C)OC(=O)NCCCc1ccc(CC(=O)N2CCN(c3ccc4nncn4n3)CC2)cc1. The number of hydrogen-bond acceptors (Lipinski definition) is 7. The molecule has 0 radical (unpaired) electrons. The van der Waals surface area contributed by atoms with Crippen LogP contribution < -0.4 is 10.2 Å². The van der Waals surface area contributed by atoms with E-state index in [-0.39, 0.29) is 12.0 Å². The summed E-state index contributed by atoms with van der Waals surface area (Å²) in [6.45, 7) is 8.91. The molecular formula is C25H33N7O3. The highest BCUT2D eigenvalue weighted by atomic mass is 16.6. The number of amides is 2. The number of rotatable bonds is 7. The fraction of sp³-hybridized carbons (Fsp3) is 0.480. The van der Waals surface area contributed by atoms with Gasteiger partial charge in [0.05, 0.1) is 6.42 Å². The van der Waals surface area contributed by atoms with Gasteiger partial charge in [-0.15, -0.1) is 15.3 Å². The van der Waals surface area contributed by atoms with E-state index in [1.807, 2.05) is 49.9 Å². The normalized spacial score (nSPS) is 14.3. The fourth-order valence-electron chi connectivity index (χ4n) is 3.98. The highest BCUT2D eigenvalue weighted by Gasteiger charge is 2.22. The lowest BCUT2D eigenvalue weighted by molar-refractivity contribution is -0.130. The van der Waals surface area contributed by atoms with Crippen LogP contribution in [0.4, 0.5) is 10.6 Å². The Morgan fingerprint density at radius 2 is 1.71 bits per heavy atom. The number of hydrogen-bond donors (Lipinski definition) is 1. The lowest BCUT2D eigenvalue weighted by atomic mass is 10.0. The Labute approximate surface area is 205 Å². The molecular weight excluding hydrogens is 446 g/mol. The van der Waals surface area contributed by atoms with Gasteiger partial charge in [0.15, 0.2) is 5.65 Å². The van der Waals surface area contributed by atoms with Gasteiger partial charge in [0.25, 0.3) is 0 Å². The van der Waals surface area contributed by atoms with Crippen LogP contribution in [-0.4, -0.2) is 75.0 Å². The number of anilines is 1. The van der Waals surface area contributed by atoms with Crippen molar-refractivity contribution in [3.8, 4) is 0 Å². The number of carbonyl (C=O) groups excluding carboxylic acids is 2. The van der Waals surface area contributed by atoms with Crippen molar-refractivity contribution in [2.24, 2.45) is 0 Å². The Morgan fingerprint density at radius 3 is 2.43 bits per heavy atom. The van der Waals surface area contributed by atoms with Crippen molar-refractivity contribution in [2.45, 2.75) is 45.6 Å². The van der Waals surface area contributed by atoms with E-state index < -0.39 is 5.60 Å². The monoisotopic (exact) mass is 479 g/mol. The Kier molecular flexibility index (Phi) is 7.48. The molecule has 10 nitrogen and oxygen atoms in total. The van der Waals surface area contributed by atoms with Crippen LogP contribution in [0, 0.1) is 0 Å². The predicted octanol–water partition coefficient (Wildman–Crippen LogP) is 2.47. The van der Waals surface area contributed by atoms with Crippen molar-refractivity contribution in [2.75, 3.05) is 37.6 Å². The Morgan fingerprint density at radius 1 is 1.00 bits per heavy atom. The van der Waals surface area contributed by atoms with Gasteiger partial charge >= 0.3 is 6.09 Å². The third-order valence-electron chi connectivity index (χ3n) is 5.79. The Balaban J connectivity index is 1.18. The summed E-state index contributed by atoms with van der Waals surface area (Å²) in [7, 11) is 0. The molecule has 0 aliphatic carbocycles. The van der Waals surface area contributed by atoms with E-state index in [0.717, 1.165) is 37.3 Å². The second-order valence-electron chi connectivity index (χ2n) is 9.72. The highest BCUT2D eigenvalue weighted by molar-refractivity contribution is 5.79. The van der Waals surface area contributed by atoms with Crippen molar-refractivity contribution in [3.05, 3.63) is 53.9 Å². The maximum Gasteiger partial charge on any atom is 0.407 e. The van der Waals surface area contributed by atoms with E-state index in [2.05, 4.69) is 37.6 Å². The third kappa shape index (κ3) is 6.91. The molecule has 0 atom stereocenters. The van der Waals surface area contributed by atoms with Gasteiger partial charge in [-0.2, -0.15) is 4.52 Å². The van der Waals surface area contributed by atoms with E-state index in [9.17, 15) is 9.59 Å². The summed E-state index contributed by atoms with van der Waals surface area (Å²) in [4.78, 5) is 28.6. The van der Waals surface area contributed by atoms with Crippen LogP contribution in [0.3, 0.4) is 0 Å². The molecule has 2 amide bonds. The van der Waals surface area contributed by atoms with Crippen LogP contribution in [0.1, 0.15) is 38.3 Å². The number of ether oxygens (including phenoxy) is 1. The van der Waals surface area contributed by atoms with E-state index >= 15 is 0 Å². The van der Waals surface area contributed by atoms with E-state index in [1.165, 1.54) is 5.56 Å². The van der Waals surface area contributed by atoms with E-state index in [1.54, 1.807) is 10.8 Å². The summed E-state index contributed by atoms with van der Waals surface area (Å²) in [6.07, 6.45) is 3.26. The van der Waals surface area contributed by atoms with Crippen molar-refractivity contribution in [3.63, 3.8) is 0 Å². The molecule has 186 valence electrons. The average molecular weight is 480 g/mol. The molecule has 0 unspecified atom stereocenters. The van der Waals surface area contributed by atoms with Crippen LogP contribution in [0.2, 0.25) is 0 Å². The number of benzene rings is 1. The number of aromatic nitrogens is 4. The highest BCUT2D eigenvalue weighted by Crippen LogP contribution is 2.15. The van der Waals surface area contributed by atoms with Crippen LogP contribution in [0.15, 0.2) is 42.7 Å². The molecule has 10 heteroatoms. The second kappa shape index (κ2) is 10.7. The topological polar surface area (TPSA) is 105 Å². The summed E-state index contributed by atoms with van der Waals surface area (Å²) in [5.41, 5.74) is 2.41. The predicted molar refractivity (Wildman–Crippen MR) is 132 cm³/mol. The van der Waals surface area contributed by atoms with Gasteiger partial charge in [-0.25, -0.2) is 4.79 Å². The van der Waals surface area contributed by atoms with Crippen molar-refractivity contribution in [1.82, 2.24) is 30.0 Å². The molecule has 3 heterocycles. The van der Waals surface area contributed by atoms with Crippen molar-refractivity contribution >= 4 is 23.5 Å². The number of alkyl carbamates (subject to hydrolysis) is 1. The molecule has 4 rings (SSSR count). The first-order valence-corrected chi connectivity index (χ1v) is 12.0. The first-order valence-electron chi connectivity index (χ1n) is 12.0. The Hall–Kier alpha value is -3.69. The summed E-state index contributed by atoms with van der Waals surface area (Å²) >= 11 is 0. The van der Waals surface area contributed by atoms with E-state index in [0.29, 0.717) is 31.7 Å². The van der Waals surface area contributed by atoms with Crippen LogP contribution in [0.5, 0.6) is 0 Å². The third-order valence-corrected chi connectivity index (χ3v) is 5.79. The van der Waals surface area contributed by atoms with Crippen LogP contribution >= 0.6 is 0 Å².